The third-order valence-electron chi connectivity index (χ3n) is 6.14. The van der Waals surface area contributed by atoms with E-state index in [4.69, 9.17) is 0 Å². The minimum Gasteiger partial charge on any atom is -0.369 e. The lowest BCUT2D eigenvalue weighted by atomic mass is 10.2. The number of sulfonamides is 1. The number of anilines is 1. The van der Waals surface area contributed by atoms with Gasteiger partial charge in [-0.2, -0.15) is 4.31 Å². The lowest BCUT2D eigenvalue weighted by Gasteiger charge is -2.36. The maximum absolute atomic E-state index is 12.6. The Hall–Kier alpha value is -2.42. The Kier molecular flexibility index (Phi) is 8.88. The molecule has 0 aromatic heterocycles. The Morgan fingerprint density at radius 3 is 2.27 bits per heavy atom. The van der Waals surface area contributed by atoms with Crippen LogP contribution in [0.1, 0.15) is 36.2 Å². The average molecular weight is 473 g/mol. The van der Waals surface area contributed by atoms with E-state index >= 15 is 0 Å². The number of aryl methyl sites for hydroxylation is 1. The van der Waals surface area contributed by atoms with Crippen molar-refractivity contribution in [2.75, 3.05) is 57.3 Å². The SMILES string of the molecule is CCN(CC)S(=O)(=O)c1ccc(C(=O)NCCCN2CCN(c3cccc(C)c3)CC2)cc1. The molecule has 1 amide bonds. The lowest BCUT2D eigenvalue weighted by Crippen LogP contribution is -2.47. The van der Waals surface area contributed by atoms with Crippen molar-refractivity contribution in [3.05, 3.63) is 59.7 Å². The number of nitrogens with one attached hydrogen (secondary N) is 1. The maximum atomic E-state index is 12.6. The predicted octanol–water partition coefficient (Wildman–Crippen LogP) is 2.97. The second-order valence-corrected chi connectivity index (χ2v) is 10.3. The summed E-state index contributed by atoms with van der Waals surface area (Å²) in [6, 6.07) is 14.8. The fourth-order valence-electron chi connectivity index (χ4n) is 4.15. The molecule has 0 aliphatic carbocycles. The number of carbonyl (C=O) groups is 1. The second kappa shape index (κ2) is 11.6. The third-order valence-corrected chi connectivity index (χ3v) is 8.20. The van der Waals surface area contributed by atoms with Crippen LogP contribution >= 0.6 is 0 Å². The van der Waals surface area contributed by atoms with Crippen LogP contribution in [0, 0.1) is 6.92 Å². The summed E-state index contributed by atoms with van der Waals surface area (Å²) in [6.45, 7) is 12.2. The Balaban J connectivity index is 1.40. The van der Waals surface area contributed by atoms with Gasteiger partial charge in [0, 0.05) is 57.1 Å². The normalized spacial score (nSPS) is 15.1. The van der Waals surface area contributed by atoms with Gasteiger partial charge in [0.1, 0.15) is 0 Å². The number of benzene rings is 2. The Morgan fingerprint density at radius 1 is 1.00 bits per heavy atom. The van der Waals surface area contributed by atoms with Gasteiger partial charge in [0.15, 0.2) is 0 Å². The zero-order valence-electron chi connectivity index (χ0n) is 20.0. The molecular formula is C25H36N4O3S. The van der Waals surface area contributed by atoms with E-state index in [1.165, 1.54) is 27.7 Å². The molecule has 3 rings (SSSR count). The van der Waals surface area contributed by atoms with Crippen LogP contribution in [0.5, 0.6) is 0 Å². The summed E-state index contributed by atoms with van der Waals surface area (Å²) in [5, 5.41) is 2.95. The molecule has 1 N–H and O–H groups in total. The monoisotopic (exact) mass is 472 g/mol. The molecule has 0 radical (unpaired) electrons. The van der Waals surface area contributed by atoms with E-state index < -0.39 is 10.0 Å². The molecule has 1 saturated heterocycles. The largest absolute Gasteiger partial charge is 0.369 e. The number of piperazine rings is 1. The van der Waals surface area contributed by atoms with Crippen LogP contribution in [0.3, 0.4) is 0 Å². The van der Waals surface area contributed by atoms with Crippen molar-refractivity contribution in [1.29, 1.82) is 0 Å². The molecule has 0 spiro atoms. The quantitative estimate of drug-likeness (QED) is 0.538. The van der Waals surface area contributed by atoms with Crippen molar-refractivity contribution < 1.29 is 13.2 Å². The fourth-order valence-corrected chi connectivity index (χ4v) is 5.61. The van der Waals surface area contributed by atoms with Gasteiger partial charge in [0.2, 0.25) is 10.0 Å². The number of nitrogens with zero attached hydrogens (tertiary/aromatic N) is 3. The van der Waals surface area contributed by atoms with Crippen molar-refractivity contribution in [3.63, 3.8) is 0 Å². The van der Waals surface area contributed by atoms with Crippen molar-refractivity contribution in [1.82, 2.24) is 14.5 Å². The zero-order valence-corrected chi connectivity index (χ0v) is 20.8. The van der Waals surface area contributed by atoms with Crippen molar-refractivity contribution in [2.24, 2.45) is 0 Å². The second-order valence-electron chi connectivity index (χ2n) is 8.39. The molecule has 7 nitrogen and oxygen atoms in total. The Labute approximate surface area is 198 Å². The van der Waals surface area contributed by atoms with E-state index in [1.54, 1.807) is 12.1 Å². The molecule has 180 valence electrons. The minimum atomic E-state index is -3.51. The minimum absolute atomic E-state index is 0.175. The highest BCUT2D eigenvalue weighted by Crippen LogP contribution is 2.18. The van der Waals surface area contributed by atoms with Gasteiger partial charge in [0.25, 0.3) is 5.91 Å². The van der Waals surface area contributed by atoms with Crippen LogP contribution in [0.4, 0.5) is 5.69 Å². The van der Waals surface area contributed by atoms with Crippen molar-refractivity contribution >= 4 is 21.6 Å². The van der Waals surface area contributed by atoms with Gasteiger partial charge in [-0.25, -0.2) is 8.42 Å². The molecule has 8 heteroatoms. The fraction of sp³-hybridized carbons (Fsp3) is 0.480. The summed E-state index contributed by atoms with van der Waals surface area (Å²) >= 11 is 0. The lowest BCUT2D eigenvalue weighted by molar-refractivity contribution is 0.0951. The molecule has 2 aromatic rings. The standard InChI is InChI=1S/C25H36N4O3S/c1-4-29(5-2)33(31,32)24-12-10-22(11-13-24)25(30)26-14-7-15-27-16-18-28(19-17-27)23-9-6-8-21(3)20-23/h6,8-13,20H,4-5,7,14-19H2,1-3H3,(H,26,30). The first kappa shape index (κ1) is 25.2. The Bertz CT molecular complexity index is 1010. The maximum Gasteiger partial charge on any atom is 0.251 e. The highest BCUT2D eigenvalue weighted by molar-refractivity contribution is 7.89. The van der Waals surface area contributed by atoms with Gasteiger partial charge in [-0.3, -0.25) is 9.69 Å². The first-order chi connectivity index (χ1) is 15.8. The summed E-state index contributed by atoms with van der Waals surface area (Å²) in [4.78, 5) is 17.5. The summed E-state index contributed by atoms with van der Waals surface area (Å²) in [5.41, 5.74) is 3.05. The smallest absolute Gasteiger partial charge is 0.251 e. The van der Waals surface area contributed by atoms with Gasteiger partial charge in [-0.15, -0.1) is 0 Å². The molecule has 0 saturated carbocycles. The van der Waals surface area contributed by atoms with Crippen molar-refractivity contribution in [3.8, 4) is 0 Å². The Morgan fingerprint density at radius 2 is 1.67 bits per heavy atom. The zero-order chi connectivity index (χ0) is 23.8. The summed E-state index contributed by atoms with van der Waals surface area (Å²) < 4.78 is 26.5. The molecule has 0 unspecified atom stereocenters. The van der Waals surface area contributed by atoms with E-state index in [0.29, 0.717) is 25.2 Å². The molecule has 1 fully saturated rings. The predicted molar refractivity (Wildman–Crippen MR) is 133 cm³/mol. The topological polar surface area (TPSA) is 73.0 Å². The van der Waals surface area contributed by atoms with Crippen LogP contribution in [0.15, 0.2) is 53.4 Å². The number of hydrogen-bond acceptors (Lipinski definition) is 5. The summed E-state index contributed by atoms with van der Waals surface area (Å²) in [7, 11) is -3.51. The van der Waals surface area contributed by atoms with Gasteiger partial charge in [-0.1, -0.05) is 26.0 Å². The summed E-state index contributed by atoms with van der Waals surface area (Å²) in [6.07, 6.45) is 0.880. The summed E-state index contributed by atoms with van der Waals surface area (Å²) in [5.74, 6) is -0.175. The van der Waals surface area contributed by atoms with E-state index in [0.717, 1.165) is 39.1 Å². The van der Waals surface area contributed by atoms with Crippen LogP contribution in [-0.4, -0.2) is 75.9 Å². The van der Waals surface area contributed by atoms with Gasteiger partial charge in [0.05, 0.1) is 4.90 Å². The van der Waals surface area contributed by atoms with E-state index in [-0.39, 0.29) is 10.8 Å². The van der Waals surface area contributed by atoms with Crippen LogP contribution in [0.2, 0.25) is 0 Å². The molecule has 1 aliphatic rings. The first-order valence-electron chi connectivity index (χ1n) is 11.8. The van der Waals surface area contributed by atoms with E-state index in [2.05, 4.69) is 46.3 Å². The molecular weight excluding hydrogens is 436 g/mol. The van der Waals surface area contributed by atoms with Gasteiger partial charge < -0.3 is 10.2 Å². The molecule has 2 aromatic carbocycles. The van der Waals surface area contributed by atoms with Crippen molar-refractivity contribution in [2.45, 2.75) is 32.1 Å². The number of hydrogen-bond donors (Lipinski definition) is 1. The highest BCUT2D eigenvalue weighted by Gasteiger charge is 2.22. The molecule has 0 atom stereocenters. The van der Waals surface area contributed by atoms with E-state index in [9.17, 15) is 13.2 Å². The third kappa shape index (κ3) is 6.56. The van der Waals surface area contributed by atoms with Crippen LogP contribution < -0.4 is 10.2 Å². The first-order valence-corrected chi connectivity index (χ1v) is 13.2. The van der Waals surface area contributed by atoms with Gasteiger partial charge in [-0.05, 0) is 61.9 Å². The van der Waals surface area contributed by atoms with E-state index in [1.807, 2.05) is 13.8 Å². The van der Waals surface area contributed by atoms with Gasteiger partial charge >= 0.3 is 0 Å². The average Bonchev–Trinajstić information content (AvgIpc) is 2.83. The van der Waals surface area contributed by atoms with Crippen LogP contribution in [-0.2, 0) is 10.0 Å². The molecule has 33 heavy (non-hydrogen) atoms. The molecule has 0 bridgehead atoms. The highest BCUT2D eigenvalue weighted by atomic mass is 32.2. The number of rotatable bonds is 10. The molecule has 1 heterocycles. The number of amides is 1. The van der Waals surface area contributed by atoms with Crippen LogP contribution in [0.25, 0.3) is 0 Å². The number of carbonyl (C=O) groups excluding carboxylic acids is 1. The molecule has 1 aliphatic heterocycles.